The van der Waals surface area contributed by atoms with Crippen LogP contribution in [0.2, 0.25) is 0 Å². The highest BCUT2D eigenvalue weighted by Gasteiger charge is 2.43. The minimum Gasteiger partial charge on any atom is -0.493 e. The lowest BCUT2D eigenvalue weighted by Gasteiger charge is -2.40. The first-order valence-electron chi connectivity index (χ1n) is 11.8. The third-order valence-electron chi connectivity index (χ3n) is 6.67. The van der Waals surface area contributed by atoms with Crippen molar-refractivity contribution in [3.63, 3.8) is 0 Å². The van der Waals surface area contributed by atoms with E-state index < -0.39 is 6.04 Å². The Balaban J connectivity index is 1.67. The largest absolute Gasteiger partial charge is 0.493 e. The van der Waals surface area contributed by atoms with Crippen LogP contribution in [0.5, 0.6) is 17.2 Å². The molecule has 0 spiro atoms. The maximum atomic E-state index is 13.4. The van der Waals surface area contributed by atoms with Gasteiger partial charge in [0, 0.05) is 5.56 Å². The number of aliphatic imine (C=N–C) groups is 1. The molecule has 6 rings (SSSR count). The number of rotatable bonds is 5. The Kier molecular flexibility index (Phi) is 5.33. The number of carbonyl (C=O) groups excluding carboxylic acids is 1. The second kappa shape index (κ2) is 8.70. The van der Waals surface area contributed by atoms with Crippen LogP contribution in [-0.2, 0) is 4.79 Å². The summed E-state index contributed by atoms with van der Waals surface area (Å²) in [5.74, 6) is 2.12. The summed E-state index contributed by atoms with van der Waals surface area (Å²) in [7, 11) is 4.74. The Hall–Kier alpha value is -4.79. The average molecular weight is 496 g/mol. The van der Waals surface area contributed by atoms with E-state index in [-0.39, 0.29) is 11.7 Å². The van der Waals surface area contributed by atoms with Crippen LogP contribution < -0.4 is 24.4 Å². The highest BCUT2D eigenvalue weighted by molar-refractivity contribution is 6.50. The maximum Gasteiger partial charge on any atom is 0.291 e. The smallest absolute Gasteiger partial charge is 0.291 e. The van der Waals surface area contributed by atoms with Gasteiger partial charge in [0.25, 0.3) is 5.91 Å². The van der Waals surface area contributed by atoms with Crippen molar-refractivity contribution in [1.82, 2.24) is 9.78 Å². The SMILES string of the molecule is COc1cc([C@@H]2c3c(C)nn(-c4ccccc4)c3N=C3C(=O)Nc4ccccc4N32)cc(OC)c1OC. The monoisotopic (exact) mass is 495 g/mol. The van der Waals surface area contributed by atoms with Gasteiger partial charge in [-0.15, -0.1) is 0 Å². The molecule has 0 bridgehead atoms. The molecule has 9 nitrogen and oxygen atoms in total. The number of nitrogens with zero attached hydrogens (tertiary/aromatic N) is 4. The summed E-state index contributed by atoms with van der Waals surface area (Å²) in [6.07, 6.45) is 0. The molecule has 0 aliphatic carbocycles. The first-order valence-corrected chi connectivity index (χ1v) is 11.8. The van der Waals surface area contributed by atoms with E-state index in [1.165, 1.54) is 0 Å². The molecule has 0 radical (unpaired) electrons. The topological polar surface area (TPSA) is 90.2 Å². The molecular formula is C28H25N5O4. The minimum atomic E-state index is -0.444. The second-order valence-electron chi connectivity index (χ2n) is 8.71. The van der Waals surface area contributed by atoms with E-state index in [2.05, 4.69) is 5.32 Å². The lowest BCUT2D eigenvalue weighted by molar-refractivity contribution is -0.110. The van der Waals surface area contributed by atoms with Gasteiger partial charge in [-0.25, -0.2) is 9.67 Å². The van der Waals surface area contributed by atoms with Crippen molar-refractivity contribution >= 4 is 28.9 Å². The number of ether oxygens (including phenoxy) is 3. The van der Waals surface area contributed by atoms with Crippen molar-refractivity contribution in [2.75, 3.05) is 31.5 Å². The van der Waals surface area contributed by atoms with Crippen molar-refractivity contribution in [1.29, 1.82) is 0 Å². The summed E-state index contributed by atoms with van der Waals surface area (Å²) in [6.45, 7) is 1.96. The molecule has 9 heteroatoms. The number of methoxy groups -OCH3 is 3. The highest BCUT2D eigenvalue weighted by Crippen LogP contribution is 2.50. The van der Waals surface area contributed by atoms with Gasteiger partial charge in [0.1, 0.15) is 0 Å². The van der Waals surface area contributed by atoms with E-state index in [0.29, 0.717) is 28.8 Å². The third kappa shape index (κ3) is 3.42. The van der Waals surface area contributed by atoms with Gasteiger partial charge in [0.05, 0.1) is 50.1 Å². The molecule has 1 amide bonds. The van der Waals surface area contributed by atoms with E-state index in [1.807, 2.05) is 78.6 Å². The first-order chi connectivity index (χ1) is 18.0. The molecule has 0 saturated heterocycles. The van der Waals surface area contributed by atoms with Gasteiger partial charge in [0.15, 0.2) is 17.3 Å². The van der Waals surface area contributed by atoms with Gasteiger partial charge < -0.3 is 24.4 Å². The Morgan fingerprint density at radius 3 is 2.24 bits per heavy atom. The molecule has 2 aliphatic heterocycles. The number of benzene rings is 3. The molecular weight excluding hydrogens is 470 g/mol. The van der Waals surface area contributed by atoms with E-state index in [9.17, 15) is 4.79 Å². The van der Waals surface area contributed by atoms with Crippen LogP contribution in [0.4, 0.5) is 17.2 Å². The van der Waals surface area contributed by atoms with Crippen molar-refractivity contribution in [3.05, 3.63) is 83.6 Å². The Morgan fingerprint density at radius 1 is 0.892 bits per heavy atom. The standard InChI is InChI=1S/C28H25N5O4/c1-16-23-24(17-14-21(35-2)25(37-4)22(15-17)36-3)32-20-13-9-8-12-19(20)29-28(34)27(32)30-26(23)33(31-16)18-10-6-5-7-11-18/h5-15,24H,1-4H3,(H,29,34)/t24-/m1/s1. The van der Waals surface area contributed by atoms with Gasteiger partial charge in [-0.05, 0) is 48.9 Å². The molecule has 1 aromatic heterocycles. The van der Waals surface area contributed by atoms with Crippen molar-refractivity contribution in [2.24, 2.45) is 4.99 Å². The lowest BCUT2D eigenvalue weighted by Crippen LogP contribution is -2.48. The molecule has 1 N–H and O–H groups in total. The summed E-state index contributed by atoms with van der Waals surface area (Å²) in [5.41, 5.74) is 4.90. The number of anilines is 2. The van der Waals surface area contributed by atoms with Gasteiger partial charge in [-0.2, -0.15) is 5.10 Å². The Labute approximate surface area is 213 Å². The lowest BCUT2D eigenvalue weighted by atomic mass is 9.92. The molecule has 37 heavy (non-hydrogen) atoms. The predicted molar refractivity (Wildman–Crippen MR) is 141 cm³/mol. The van der Waals surface area contributed by atoms with Gasteiger partial charge in [-0.3, -0.25) is 4.79 Å². The molecule has 1 atom stereocenters. The molecule has 3 heterocycles. The molecule has 2 aliphatic rings. The number of aryl methyl sites for hydroxylation is 1. The number of aromatic nitrogens is 2. The summed E-state index contributed by atoms with van der Waals surface area (Å²) in [6, 6.07) is 20.8. The Morgan fingerprint density at radius 2 is 1.57 bits per heavy atom. The fraction of sp³-hybridized carbons (Fsp3) is 0.179. The van der Waals surface area contributed by atoms with Crippen LogP contribution in [0, 0.1) is 6.92 Å². The van der Waals surface area contributed by atoms with Gasteiger partial charge in [0.2, 0.25) is 11.6 Å². The van der Waals surface area contributed by atoms with Crippen LogP contribution in [0.1, 0.15) is 22.9 Å². The number of nitrogens with one attached hydrogen (secondary N) is 1. The summed E-state index contributed by atoms with van der Waals surface area (Å²) in [5, 5.41) is 7.84. The quantitative estimate of drug-likeness (QED) is 0.428. The zero-order chi connectivity index (χ0) is 25.7. The van der Waals surface area contributed by atoms with E-state index in [1.54, 1.807) is 26.0 Å². The van der Waals surface area contributed by atoms with E-state index >= 15 is 0 Å². The number of amidine groups is 1. The van der Waals surface area contributed by atoms with Crippen molar-refractivity contribution in [2.45, 2.75) is 13.0 Å². The van der Waals surface area contributed by atoms with Crippen molar-refractivity contribution in [3.8, 4) is 22.9 Å². The molecule has 0 fully saturated rings. The van der Waals surface area contributed by atoms with Crippen molar-refractivity contribution < 1.29 is 19.0 Å². The molecule has 0 unspecified atom stereocenters. The van der Waals surface area contributed by atoms with Crippen LogP contribution in [0.15, 0.2) is 71.7 Å². The number of amides is 1. The second-order valence-corrected chi connectivity index (χ2v) is 8.71. The molecule has 4 aromatic rings. The molecule has 0 saturated carbocycles. The van der Waals surface area contributed by atoms with E-state index in [0.717, 1.165) is 28.2 Å². The molecule has 3 aromatic carbocycles. The number of para-hydroxylation sites is 3. The van der Waals surface area contributed by atoms with E-state index in [4.69, 9.17) is 24.3 Å². The summed E-state index contributed by atoms with van der Waals surface area (Å²) < 4.78 is 18.7. The zero-order valence-electron chi connectivity index (χ0n) is 20.9. The Bertz CT molecular complexity index is 1540. The average Bonchev–Trinajstić information content (AvgIpc) is 3.27. The van der Waals surface area contributed by atoms with Crippen LogP contribution in [0.25, 0.3) is 5.69 Å². The molecule has 186 valence electrons. The fourth-order valence-corrected chi connectivity index (χ4v) is 5.07. The maximum absolute atomic E-state index is 13.4. The van der Waals surface area contributed by atoms with Crippen LogP contribution in [0.3, 0.4) is 0 Å². The number of carbonyl (C=O) groups is 1. The normalized spacial score (nSPS) is 15.7. The number of hydrogen-bond acceptors (Lipinski definition) is 7. The predicted octanol–water partition coefficient (Wildman–Crippen LogP) is 4.80. The third-order valence-corrected chi connectivity index (χ3v) is 6.67. The first kappa shape index (κ1) is 22.7. The fourth-order valence-electron chi connectivity index (χ4n) is 5.07. The summed E-state index contributed by atoms with van der Waals surface area (Å²) >= 11 is 0. The summed E-state index contributed by atoms with van der Waals surface area (Å²) in [4.78, 5) is 20.2. The number of fused-ring (bicyclic) bond motifs is 4. The highest BCUT2D eigenvalue weighted by atomic mass is 16.5. The number of hydrogen-bond donors (Lipinski definition) is 1. The van der Waals surface area contributed by atoms with Crippen LogP contribution in [-0.4, -0.2) is 42.9 Å². The van der Waals surface area contributed by atoms with Crippen LogP contribution >= 0.6 is 0 Å². The van der Waals surface area contributed by atoms with Gasteiger partial charge >= 0.3 is 0 Å². The van der Waals surface area contributed by atoms with Gasteiger partial charge in [-0.1, -0.05) is 30.3 Å². The minimum absolute atomic E-state index is 0.280. The zero-order valence-corrected chi connectivity index (χ0v) is 20.9.